The van der Waals surface area contributed by atoms with Crippen molar-refractivity contribution >= 4 is 15.5 Å². The number of nitriles is 1. The highest BCUT2D eigenvalue weighted by Gasteiger charge is 2.37. The minimum Gasteiger partial charge on any atom is -0.367 e. The molecule has 0 aliphatic heterocycles. The van der Waals surface area contributed by atoms with E-state index in [9.17, 15) is 40.0 Å². The van der Waals surface area contributed by atoms with Gasteiger partial charge in [0, 0.05) is 11.7 Å². The summed E-state index contributed by atoms with van der Waals surface area (Å²) in [5, 5.41) is 13.5. The molecule has 1 saturated carbocycles. The number of benzene rings is 1. The van der Waals surface area contributed by atoms with E-state index in [4.69, 9.17) is 0 Å². The van der Waals surface area contributed by atoms with Crippen LogP contribution < -0.4 is 10.6 Å². The van der Waals surface area contributed by atoms with Crippen molar-refractivity contribution in [3.05, 3.63) is 40.1 Å². The molecule has 0 unspecified atom stereocenters. The second-order valence-corrected chi connectivity index (χ2v) is 9.90. The lowest BCUT2D eigenvalue weighted by atomic mass is 10.1. The highest BCUT2D eigenvalue weighted by Crippen LogP contribution is 2.38. The zero-order valence-electron chi connectivity index (χ0n) is 16.7. The van der Waals surface area contributed by atoms with Gasteiger partial charge in [-0.25, -0.2) is 8.42 Å². The van der Waals surface area contributed by atoms with Crippen molar-refractivity contribution in [1.29, 1.82) is 5.26 Å². The summed E-state index contributed by atoms with van der Waals surface area (Å²) in [4.78, 5) is -0.777. The molecule has 2 N–H and O–H groups in total. The maximum atomic E-state index is 13.1. The molecule has 0 spiro atoms. The van der Waals surface area contributed by atoms with Crippen molar-refractivity contribution < 1.29 is 34.8 Å². The predicted molar refractivity (Wildman–Crippen MR) is 102 cm³/mol. The Labute approximate surface area is 176 Å². The Kier molecular flexibility index (Phi) is 7.20. The molecule has 0 saturated heterocycles. The van der Waals surface area contributed by atoms with E-state index in [-0.39, 0.29) is 12.1 Å². The molecule has 1 aromatic rings. The van der Waals surface area contributed by atoms with Crippen molar-refractivity contribution in [2.45, 2.75) is 63.2 Å². The SMILES string of the molecule is CC(C)S(=O)(=O)/C(C#N)=C(\Nc1cc(C(F)(F)F)cc(C(F)(F)F)c1)NC1CCCC1. The third kappa shape index (κ3) is 6.06. The molecular formula is C19H21F6N3O2S. The Balaban J connectivity index is 2.64. The van der Waals surface area contributed by atoms with Crippen molar-refractivity contribution in [2.75, 3.05) is 5.32 Å². The molecule has 0 amide bonds. The fraction of sp³-hybridized carbons (Fsp3) is 0.526. The monoisotopic (exact) mass is 469 g/mol. The number of nitrogens with one attached hydrogen (secondary N) is 2. The largest absolute Gasteiger partial charge is 0.416 e. The number of alkyl halides is 6. The molecule has 172 valence electrons. The molecule has 0 atom stereocenters. The summed E-state index contributed by atoms with van der Waals surface area (Å²) >= 11 is 0. The van der Waals surface area contributed by atoms with Crippen molar-refractivity contribution in [1.82, 2.24) is 5.32 Å². The smallest absolute Gasteiger partial charge is 0.367 e. The second kappa shape index (κ2) is 8.98. The van der Waals surface area contributed by atoms with Crippen molar-refractivity contribution in [3.63, 3.8) is 0 Å². The van der Waals surface area contributed by atoms with Crippen molar-refractivity contribution in [3.8, 4) is 6.07 Å². The molecular weight excluding hydrogens is 448 g/mol. The standard InChI is InChI=1S/C19H21F6N3O2S/c1-11(2)31(29,30)16(10-26)17(27-14-5-3-4-6-14)28-15-8-12(18(20,21)22)7-13(9-15)19(23,24)25/h7-9,11,14,27-28H,3-6H2,1-2H3/b17-16-. The first kappa shape index (κ1) is 24.8. The lowest BCUT2D eigenvalue weighted by Crippen LogP contribution is -2.33. The van der Waals surface area contributed by atoms with Gasteiger partial charge in [-0.15, -0.1) is 0 Å². The van der Waals surface area contributed by atoms with E-state index in [1.807, 2.05) is 0 Å². The van der Waals surface area contributed by atoms with Crippen LogP contribution in [-0.2, 0) is 22.2 Å². The Bertz CT molecular complexity index is 953. The van der Waals surface area contributed by atoms with Gasteiger partial charge in [0.25, 0.3) is 0 Å². The van der Waals surface area contributed by atoms with Crippen LogP contribution in [0.15, 0.2) is 28.9 Å². The maximum Gasteiger partial charge on any atom is 0.416 e. The molecule has 1 aliphatic carbocycles. The summed E-state index contributed by atoms with van der Waals surface area (Å²) in [6.07, 6.45) is -7.29. The van der Waals surface area contributed by atoms with Crippen LogP contribution in [0.1, 0.15) is 50.7 Å². The average Bonchev–Trinajstić information content (AvgIpc) is 3.13. The van der Waals surface area contributed by atoms with Crippen LogP contribution in [0.2, 0.25) is 0 Å². The molecule has 1 aliphatic rings. The summed E-state index contributed by atoms with van der Waals surface area (Å²) < 4.78 is 104. The fourth-order valence-corrected chi connectivity index (χ4v) is 4.09. The Morgan fingerprint density at radius 3 is 1.90 bits per heavy atom. The van der Waals surface area contributed by atoms with Gasteiger partial charge in [0.15, 0.2) is 14.7 Å². The summed E-state index contributed by atoms with van der Waals surface area (Å²) in [7, 11) is -4.18. The summed E-state index contributed by atoms with van der Waals surface area (Å²) in [6, 6.07) is 2.09. The van der Waals surface area contributed by atoms with Gasteiger partial charge in [0.1, 0.15) is 11.9 Å². The van der Waals surface area contributed by atoms with E-state index in [2.05, 4.69) is 10.6 Å². The number of halogens is 6. The lowest BCUT2D eigenvalue weighted by Gasteiger charge is -2.22. The van der Waals surface area contributed by atoms with Gasteiger partial charge in [0.2, 0.25) is 0 Å². The van der Waals surface area contributed by atoms with Crippen LogP contribution in [0, 0.1) is 11.3 Å². The Hall–Kier alpha value is -2.42. The van der Waals surface area contributed by atoms with Crippen LogP contribution in [0.3, 0.4) is 0 Å². The van der Waals surface area contributed by atoms with Gasteiger partial charge < -0.3 is 10.6 Å². The van der Waals surface area contributed by atoms with Gasteiger partial charge in [-0.1, -0.05) is 12.8 Å². The molecule has 5 nitrogen and oxygen atoms in total. The van der Waals surface area contributed by atoms with E-state index >= 15 is 0 Å². The highest BCUT2D eigenvalue weighted by atomic mass is 32.2. The third-order valence-corrected chi connectivity index (χ3v) is 6.90. The van der Waals surface area contributed by atoms with E-state index in [1.54, 1.807) is 0 Å². The molecule has 2 rings (SSSR count). The number of nitrogens with zero attached hydrogens (tertiary/aromatic N) is 1. The first-order valence-corrected chi connectivity index (χ1v) is 10.9. The zero-order chi connectivity index (χ0) is 23.6. The second-order valence-electron chi connectivity index (χ2n) is 7.45. The summed E-state index contributed by atoms with van der Waals surface area (Å²) in [6.45, 7) is 2.62. The molecule has 0 radical (unpaired) electrons. The van der Waals surface area contributed by atoms with E-state index in [0.717, 1.165) is 12.8 Å². The van der Waals surface area contributed by atoms with Crippen LogP contribution in [0.4, 0.5) is 32.0 Å². The number of rotatable bonds is 6. The van der Waals surface area contributed by atoms with Crippen LogP contribution in [-0.4, -0.2) is 19.7 Å². The molecule has 1 aromatic carbocycles. The number of anilines is 1. The van der Waals surface area contributed by atoms with Gasteiger partial charge in [0.05, 0.1) is 16.4 Å². The highest BCUT2D eigenvalue weighted by molar-refractivity contribution is 7.96. The van der Waals surface area contributed by atoms with Crippen LogP contribution in [0.5, 0.6) is 0 Å². The van der Waals surface area contributed by atoms with Crippen LogP contribution >= 0.6 is 0 Å². The van der Waals surface area contributed by atoms with Gasteiger partial charge in [-0.05, 0) is 44.9 Å². The summed E-state index contributed by atoms with van der Waals surface area (Å²) in [5.41, 5.74) is -3.76. The number of hydrogen-bond donors (Lipinski definition) is 2. The maximum absolute atomic E-state index is 13.1. The Morgan fingerprint density at radius 1 is 1.03 bits per heavy atom. The normalized spacial score (nSPS) is 16.8. The fourth-order valence-electron chi connectivity index (χ4n) is 3.10. The van der Waals surface area contributed by atoms with Crippen molar-refractivity contribution in [2.24, 2.45) is 0 Å². The quantitative estimate of drug-likeness (QED) is 0.443. The van der Waals surface area contributed by atoms with Gasteiger partial charge in [-0.2, -0.15) is 31.6 Å². The van der Waals surface area contributed by atoms with E-state index in [1.165, 1.54) is 19.9 Å². The number of hydrogen-bond acceptors (Lipinski definition) is 5. The Morgan fingerprint density at radius 2 is 1.52 bits per heavy atom. The topological polar surface area (TPSA) is 82.0 Å². The third-order valence-electron chi connectivity index (χ3n) is 4.79. The number of sulfone groups is 1. The first-order valence-electron chi connectivity index (χ1n) is 9.37. The molecule has 0 heterocycles. The van der Waals surface area contributed by atoms with Crippen LogP contribution in [0.25, 0.3) is 0 Å². The predicted octanol–water partition coefficient (Wildman–Crippen LogP) is 5.18. The molecule has 12 heteroatoms. The summed E-state index contributed by atoms with van der Waals surface area (Å²) in [5.74, 6) is -0.435. The first-order chi connectivity index (χ1) is 14.2. The minimum absolute atomic E-state index is 0.0327. The lowest BCUT2D eigenvalue weighted by molar-refractivity contribution is -0.143. The molecule has 0 aromatic heterocycles. The molecule has 31 heavy (non-hydrogen) atoms. The number of allylic oxidation sites excluding steroid dienone is 1. The van der Waals surface area contributed by atoms with Gasteiger partial charge in [-0.3, -0.25) is 0 Å². The van der Waals surface area contributed by atoms with E-state index < -0.39 is 55.0 Å². The van der Waals surface area contributed by atoms with E-state index in [0.29, 0.717) is 25.0 Å². The minimum atomic E-state index is -5.07. The average molecular weight is 469 g/mol. The zero-order valence-corrected chi connectivity index (χ0v) is 17.5. The molecule has 0 bridgehead atoms. The van der Waals surface area contributed by atoms with Gasteiger partial charge >= 0.3 is 12.4 Å². The molecule has 1 fully saturated rings.